The Morgan fingerprint density at radius 2 is 2.06 bits per heavy atom. The van der Waals surface area contributed by atoms with Gasteiger partial charge in [-0.1, -0.05) is 13.0 Å². The molecule has 0 heterocycles. The van der Waals surface area contributed by atoms with Crippen molar-refractivity contribution in [3.05, 3.63) is 35.4 Å². The fraction of sp³-hybridized carbons (Fsp3) is 0.571. The Kier molecular flexibility index (Phi) is 3.97. The number of halogens is 2. The maximum Gasteiger partial charge on any atom is 0.159 e. The number of likely N-dealkylation sites (N-methyl/N-ethyl adjacent to an activating group) is 1. The van der Waals surface area contributed by atoms with E-state index < -0.39 is 11.6 Å². The summed E-state index contributed by atoms with van der Waals surface area (Å²) in [7, 11) is 1.99. The van der Waals surface area contributed by atoms with Crippen LogP contribution in [0.1, 0.15) is 24.9 Å². The predicted octanol–water partition coefficient (Wildman–Crippen LogP) is 2.55. The normalized spacial score (nSPS) is 24.3. The van der Waals surface area contributed by atoms with Crippen LogP contribution in [0.15, 0.2) is 18.2 Å². The second kappa shape index (κ2) is 5.33. The maximum absolute atomic E-state index is 13.2. The molecule has 0 spiro atoms. The second-order valence-corrected chi connectivity index (χ2v) is 5.34. The number of hydrogen-bond acceptors (Lipinski definition) is 2. The van der Waals surface area contributed by atoms with E-state index in [-0.39, 0.29) is 6.04 Å². The molecule has 2 N–H and O–H groups in total. The van der Waals surface area contributed by atoms with Crippen molar-refractivity contribution in [1.29, 1.82) is 0 Å². The predicted molar refractivity (Wildman–Crippen MR) is 68.1 cm³/mol. The van der Waals surface area contributed by atoms with Crippen LogP contribution in [0.4, 0.5) is 8.78 Å². The molecule has 1 aliphatic carbocycles. The lowest BCUT2D eigenvalue weighted by Gasteiger charge is -2.27. The second-order valence-electron chi connectivity index (χ2n) is 5.34. The van der Waals surface area contributed by atoms with Gasteiger partial charge in [0.1, 0.15) is 0 Å². The lowest BCUT2D eigenvalue weighted by Crippen LogP contribution is -2.32. The third kappa shape index (κ3) is 2.87. The quantitative estimate of drug-likeness (QED) is 0.875. The Morgan fingerprint density at radius 3 is 2.56 bits per heavy atom. The van der Waals surface area contributed by atoms with Crippen molar-refractivity contribution in [2.45, 2.75) is 19.4 Å². The third-order valence-corrected chi connectivity index (χ3v) is 3.88. The van der Waals surface area contributed by atoms with Gasteiger partial charge in [-0.05, 0) is 43.0 Å². The smallest absolute Gasteiger partial charge is 0.159 e. The van der Waals surface area contributed by atoms with Crippen LogP contribution in [-0.2, 0) is 0 Å². The Bertz CT molecular complexity index is 422. The van der Waals surface area contributed by atoms with Gasteiger partial charge in [0.25, 0.3) is 0 Å². The highest BCUT2D eigenvalue weighted by Gasteiger charge is 2.34. The molecule has 1 aromatic rings. The molecular formula is C14H20F2N2. The zero-order chi connectivity index (χ0) is 13.3. The number of rotatable bonds is 5. The number of benzene rings is 1. The van der Waals surface area contributed by atoms with Gasteiger partial charge in [0.15, 0.2) is 11.6 Å². The fourth-order valence-corrected chi connectivity index (χ4v) is 2.44. The van der Waals surface area contributed by atoms with Crippen LogP contribution in [0.2, 0.25) is 0 Å². The van der Waals surface area contributed by atoms with Crippen LogP contribution >= 0.6 is 0 Å². The van der Waals surface area contributed by atoms with Gasteiger partial charge in [-0.15, -0.1) is 0 Å². The highest BCUT2D eigenvalue weighted by atomic mass is 19.2. The molecule has 0 aliphatic heterocycles. The van der Waals surface area contributed by atoms with Gasteiger partial charge >= 0.3 is 0 Å². The van der Waals surface area contributed by atoms with Crippen LogP contribution in [0.25, 0.3) is 0 Å². The molecule has 0 saturated heterocycles. The Morgan fingerprint density at radius 1 is 1.39 bits per heavy atom. The first kappa shape index (κ1) is 13.4. The Labute approximate surface area is 107 Å². The minimum absolute atomic E-state index is 0.0482. The summed E-state index contributed by atoms with van der Waals surface area (Å²) >= 11 is 0. The van der Waals surface area contributed by atoms with E-state index in [2.05, 4.69) is 11.8 Å². The molecule has 0 radical (unpaired) electrons. The first-order valence-electron chi connectivity index (χ1n) is 6.38. The third-order valence-electron chi connectivity index (χ3n) is 3.88. The summed E-state index contributed by atoms with van der Waals surface area (Å²) in [6, 6.07) is 3.98. The average Bonchev–Trinajstić information content (AvgIpc) is 3.00. The van der Waals surface area contributed by atoms with Gasteiger partial charge < -0.3 is 5.73 Å². The Hall–Kier alpha value is -1.00. The zero-order valence-corrected chi connectivity index (χ0v) is 10.9. The number of nitrogens with two attached hydrogens (primary N) is 1. The molecule has 1 saturated carbocycles. The van der Waals surface area contributed by atoms with E-state index in [9.17, 15) is 8.78 Å². The van der Waals surface area contributed by atoms with Crippen LogP contribution in [0.3, 0.4) is 0 Å². The molecule has 3 atom stereocenters. The van der Waals surface area contributed by atoms with Gasteiger partial charge in [0.2, 0.25) is 0 Å². The molecule has 1 aromatic carbocycles. The summed E-state index contributed by atoms with van der Waals surface area (Å²) in [6.45, 7) is 3.60. The van der Waals surface area contributed by atoms with Crippen molar-refractivity contribution in [2.75, 3.05) is 20.1 Å². The molecular weight excluding hydrogens is 234 g/mol. The topological polar surface area (TPSA) is 29.3 Å². The molecule has 4 heteroatoms. The van der Waals surface area contributed by atoms with E-state index in [0.717, 1.165) is 18.0 Å². The largest absolute Gasteiger partial charge is 0.329 e. The minimum Gasteiger partial charge on any atom is -0.329 e. The van der Waals surface area contributed by atoms with Crippen molar-refractivity contribution in [3.63, 3.8) is 0 Å². The maximum atomic E-state index is 13.2. The molecule has 100 valence electrons. The molecule has 0 bridgehead atoms. The van der Waals surface area contributed by atoms with Crippen molar-refractivity contribution in [3.8, 4) is 0 Å². The van der Waals surface area contributed by atoms with Crippen molar-refractivity contribution < 1.29 is 8.78 Å². The van der Waals surface area contributed by atoms with Crippen LogP contribution in [-0.4, -0.2) is 25.0 Å². The number of nitrogens with zero attached hydrogens (tertiary/aromatic N) is 1. The Balaban J connectivity index is 2.08. The van der Waals surface area contributed by atoms with Gasteiger partial charge in [0.05, 0.1) is 0 Å². The number of hydrogen-bond donors (Lipinski definition) is 1. The zero-order valence-electron chi connectivity index (χ0n) is 10.9. The molecule has 18 heavy (non-hydrogen) atoms. The summed E-state index contributed by atoms with van der Waals surface area (Å²) in [5.41, 5.74) is 6.51. The van der Waals surface area contributed by atoms with E-state index in [1.807, 2.05) is 7.05 Å². The SMILES string of the molecule is CC1CC1CN(C)C(CN)c1ccc(F)c(F)c1. The molecule has 3 unspecified atom stereocenters. The highest BCUT2D eigenvalue weighted by Crippen LogP contribution is 2.39. The van der Waals surface area contributed by atoms with E-state index in [0.29, 0.717) is 12.5 Å². The molecule has 2 rings (SSSR count). The standard InChI is InChI=1S/C14H20F2N2/c1-9-5-11(9)8-18(2)14(7-17)10-3-4-12(15)13(16)6-10/h3-4,6,9,11,14H,5,7-8,17H2,1-2H3. The van der Waals surface area contributed by atoms with Crippen LogP contribution in [0, 0.1) is 23.5 Å². The van der Waals surface area contributed by atoms with Gasteiger partial charge in [0, 0.05) is 19.1 Å². The molecule has 2 nitrogen and oxygen atoms in total. The summed E-state index contributed by atoms with van der Waals surface area (Å²) < 4.78 is 26.2. The lowest BCUT2D eigenvalue weighted by molar-refractivity contribution is 0.236. The molecule has 1 fully saturated rings. The van der Waals surface area contributed by atoms with Gasteiger partial charge in [-0.25, -0.2) is 8.78 Å². The average molecular weight is 254 g/mol. The highest BCUT2D eigenvalue weighted by molar-refractivity contribution is 5.21. The summed E-state index contributed by atoms with van der Waals surface area (Å²) in [5.74, 6) is -0.127. The van der Waals surface area contributed by atoms with E-state index in [1.54, 1.807) is 6.07 Å². The van der Waals surface area contributed by atoms with Crippen molar-refractivity contribution in [1.82, 2.24) is 4.90 Å². The van der Waals surface area contributed by atoms with Crippen molar-refractivity contribution >= 4 is 0 Å². The summed E-state index contributed by atoms with van der Waals surface area (Å²) in [4.78, 5) is 2.14. The minimum atomic E-state index is -0.812. The van der Waals surface area contributed by atoms with Crippen LogP contribution in [0.5, 0.6) is 0 Å². The monoisotopic (exact) mass is 254 g/mol. The lowest BCUT2D eigenvalue weighted by atomic mass is 10.0. The summed E-state index contributed by atoms with van der Waals surface area (Å²) in [6.07, 6.45) is 1.25. The van der Waals surface area contributed by atoms with E-state index in [4.69, 9.17) is 5.73 Å². The first-order valence-corrected chi connectivity index (χ1v) is 6.38. The molecule has 1 aliphatic rings. The fourth-order valence-electron chi connectivity index (χ4n) is 2.44. The van der Waals surface area contributed by atoms with Crippen LogP contribution < -0.4 is 5.73 Å². The first-order chi connectivity index (χ1) is 8.52. The van der Waals surface area contributed by atoms with Gasteiger partial charge in [-0.3, -0.25) is 4.90 Å². The van der Waals surface area contributed by atoms with E-state index >= 15 is 0 Å². The van der Waals surface area contributed by atoms with E-state index in [1.165, 1.54) is 18.6 Å². The van der Waals surface area contributed by atoms with Gasteiger partial charge in [-0.2, -0.15) is 0 Å². The summed E-state index contributed by atoms with van der Waals surface area (Å²) in [5, 5.41) is 0. The van der Waals surface area contributed by atoms with Crippen molar-refractivity contribution in [2.24, 2.45) is 17.6 Å². The molecule has 0 amide bonds. The molecule has 0 aromatic heterocycles.